The van der Waals surface area contributed by atoms with Crippen molar-refractivity contribution in [2.24, 2.45) is 5.10 Å². The van der Waals surface area contributed by atoms with Crippen LogP contribution in [0.1, 0.15) is 11.1 Å². The molecule has 6 nitrogen and oxygen atoms in total. The van der Waals surface area contributed by atoms with Gasteiger partial charge in [0.25, 0.3) is 5.91 Å². The summed E-state index contributed by atoms with van der Waals surface area (Å²) in [6.45, 7) is -0.205. The molecular formula is C31H21ClN4O2. The summed E-state index contributed by atoms with van der Waals surface area (Å²) in [5.41, 5.74) is 8.20. The van der Waals surface area contributed by atoms with E-state index in [1.807, 2.05) is 48.5 Å². The Morgan fingerprint density at radius 2 is 1.71 bits per heavy atom. The van der Waals surface area contributed by atoms with E-state index in [1.54, 1.807) is 36.4 Å². The molecule has 0 bridgehead atoms. The van der Waals surface area contributed by atoms with Crippen molar-refractivity contribution in [2.75, 3.05) is 6.61 Å². The van der Waals surface area contributed by atoms with E-state index in [0.717, 1.165) is 33.3 Å². The first-order valence-electron chi connectivity index (χ1n) is 11.8. The molecule has 0 aliphatic carbocycles. The van der Waals surface area contributed by atoms with Crippen LogP contribution in [0.15, 0.2) is 108 Å². The fraction of sp³-hybridized carbons (Fsp3) is 0.0323. The molecule has 0 fully saturated rings. The molecule has 1 aromatic heterocycles. The van der Waals surface area contributed by atoms with Gasteiger partial charge in [-0.25, -0.2) is 10.4 Å². The maximum atomic E-state index is 12.1. The van der Waals surface area contributed by atoms with Gasteiger partial charge in [-0.3, -0.25) is 4.79 Å². The highest BCUT2D eigenvalue weighted by molar-refractivity contribution is 6.31. The number of carbonyl (C=O) groups excluding carboxylic acids is 1. The Kier molecular flexibility index (Phi) is 7.39. The number of halogens is 1. The summed E-state index contributed by atoms with van der Waals surface area (Å²) in [6.07, 6.45) is 1.43. The van der Waals surface area contributed by atoms with Crippen LogP contribution in [-0.4, -0.2) is 23.7 Å². The van der Waals surface area contributed by atoms with E-state index in [-0.39, 0.29) is 6.61 Å². The Morgan fingerprint density at radius 3 is 2.50 bits per heavy atom. The van der Waals surface area contributed by atoms with Gasteiger partial charge in [-0.1, -0.05) is 60.1 Å². The molecule has 0 saturated carbocycles. The fourth-order valence-corrected chi connectivity index (χ4v) is 4.16. The average Bonchev–Trinajstić information content (AvgIpc) is 2.96. The van der Waals surface area contributed by atoms with Crippen LogP contribution >= 0.6 is 11.6 Å². The van der Waals surface area contributed by atoms with Gasteiger partial charge < -0.3 is 4.74 Å². The standard InChI is InChI=1S/C31H21ClN4O2/c32-25-12-15-29-28(16-25)27(21-6-2-1-3-7-21)17-30(35-29)22-10-13-26(14-11-22)38-20-31(37)36-34-19-24-9-5-4-8-23(24)18-33/h1-17,19H,20H2,(H,36,37)/b34-19-. The lowest BCUT2D eigenvalue weighted by Gasteiger charge is -2.11. The van der Waals surface area contributed by atoms with Crippen LogP contribution in [0.25, 0.3) is 33.3 Å². The first-order valence-corrected chi connectivity index (χ1v) is 12.2. The Morgan fingerprint density at radius 1 is 0.947 bits per heavy atom. The van der Waals surface area contributed by atoms with Crippen LogP contribution in [0.2, 0.25) is 5.02 Å². The lowest BCUT2D eigenvalue weighted by molar-refractivity contribution is -0.123. The van der Waals surface area contributed by atoms with Gasteiger partial charge in [0.1, 0.15) is 5.75 Å². The predicted molar refractivity (Wildman–Crippen MR) is 150 cm³/mol. The molecule has 5 rings (SSSR count). The monoisotopic (exact) mass is 516 g/mol. The van der Waals surface area contributed by atoms with Crippen LogP contribution < -0.4 is 10.2 Å². The number of nitrogens with one attached hydrogen (secondary N) is 1. The number of benzene rings is 4. The molecular weight excluding hydrogens is 496 g/mol. The van der Waals surface area contributed by atoms with E-state index in [1.165, 1.54) is 6.21 Å². The summed E-state index contributed by atoms with van der Waals surface area (Å²) >= 11 is 6.28. The summed E-state index contributed by atoms with van der Waals surface area (Å²) in [5.74, 6) is 0.126. The van der Waals surface area contributed by atoms with E-state index >= 15 is 0 Å². The van der Waals surface area contributed by atoms with Gasteiger partial charge in [-0.05, 0) is 65.7 Å². The van der Waals surface area contributed by atoms with Crippen LogP contribution in [0, 0.1) is 11.3 Å². The molecule has 0 aliphatic rings. The molecule has 38 heavy (non-hydrogen) atoms. The molecule has 0 atom stereocenters. The zero-order valence-electron chi connectivity index (χ0n) is 20.1. The number of ether oxygens (including phenoxy) is 1. The highest BCUT2D eigenvalue weighted by atomic mass is 35.5. The van der Waals surface area contributed by atoms with E-state index < -0.39 is 5.91 Å². The molecule has 0 aliphatic heterocycles. The molecule has 4 aromatic carbocycles. The van der Waals surface area contributed by atoms with Gasteiger partial charge in [-0.2, -0.15) is 10.4 Å². The number of pyridine rings is 1. The van der Waals surface area contributed by atoms with Crippen molar-refractivity contribution in [1.82, 2.24) is 10.4 Å². The number of hydrazone groups is 1. The van der Waals surface area contributed by atoms with E-state index in [9.17, 15) is 4.79 Å². The molecule has 1 heterocycles. The topological polar surface area (TPSA) is 87.4 Å². The minimum atomic E-state index is -0.415. The van der Waals surface area contributed by atoms with Crippen molar-refractivity contribution < 1.29 is 9.53 Å². The molecule has 184 valence electrons. The Balaban J connectivity index is 1.29. The van der Waals surface area contributed by atoms with Gasteiger partial charge >= 0.3 is 0 Å². The quantitative estimate of drug-likeness (QED) is 0.194. The van der Waals surface area contributed by atoms with Crippen molar-refractivity contribution in [3.63, 3.8) is 0 Å². The number of nitriles is 1. The first kappa shape index (κ1) is 24.7. The van der Waals surface area contributed by atoms with Crippen molar-refractivity contribution in [3.05, 3.63) is 119 Å². The van der Waals surface area contributed by atoms with E-state index in [0.29, 0.717) is 21.9 Å². The Labute approximate surface area is 224 Å². The lowest BCUT2D eigenvalue weighted by atomic mass is 9.98. The highest BCUT2D eigenvalue weighted by Crippen LogP contribution is 2.33. The van der Waals surface area contributed by atoms with Gasteiger partial charge in [0.2, 0.25) is 0 Å². The minimum absolute atomic E-state index is 0.205. The Bertz CT molecular complexity index is 1680. The lowest BCUT2D eigenvalue weighted by Crippen LogP contribution is -2.24. The third-order valence-electron chi connectivity index (χ3n) is 5.85. The van der Waals surface area contributed by atoms with Crippen molar-refractivity contribution >= 4 is 34.6 Å². The van der Waals surface area contributed by atoms with Gasteiger partial charge in [0.05, 0.1) is 29.1 Å². The number of hydrogen-bond donors (Lipinski definition) is 1. The van der Waals surface area contributed by atoms with Crippen LogP contribution in [0.5, 0.6) is 5.75 Å². The normalized spacial score (nSPS) is 10.8. The van der Waals surface area contributed by atoms with Crippen molar-refractivity contribution in [3.8, 4) is 34.2 Å². The zero-order chi connectivity index (χ0) is 26.3. The second-order valence-corrected chi connectivity index (χ2v) is 8.82. The van der Waals surface area contributed by atoms with E-state index in [2.05, 4.69) is 34.8 Å². The number of carbonyl (C=O) groups is 1. The second kappa shape index (κ2) is 11.4. The third-order valence-corrected chi connectivity index (χ3v) is 6.08. The molecule has 0 radical (unpaired) electrons. The number of fused-ring (bicyclic) bond motifs is 1. The number of amides is 1. The van der Waals surface area contributed by atoms with Crippen molar-refractivity contribution in [1.29, 1.82) is 5.26 Å². The molecule has 0 spiro atoms. The van der Waals surface area contributed by atoms with Gasteiger partial charge in [-0.15, -0.1) is 0 Å². The van der Waals surface area contributed by atoms with Crippen molar-refractivity contribution in [2.45, 2.75) is 0 Å². The number of nitrogens with zero attached hydrogens (tertiary/aromatic N) is 3. The average molecular weight is 517 g/mol. The SMILES string of the molecule is N#Cc1ccccc1/C=N\NC(=O)COc1ccc(-c2cc(-c3ccccc3)c3cc(Cl)ccc3n2)cc1. The van der Waals surface area contributed by atoms with E-state index in [4.69, 9.17) is 26.6 Å². The number of hydrogen-bond acceptors (Lipinski definition) is 5. The maximum Gasteiger partial charge on any atom is 0.277 e. The molecule has 1 N–H and O–H groups in total. The summed E-state index contributed by atoms with van der Waals surface area (Å²) in [5, 5.41) is 14.7. The molecule has 1 amide bonds. The second-order valence-electron chi connectivity index (χ2n) is 8.39. The van der Waals surface area contributed by atoms with Crippen LogP contribution in [0.4, 0.5) is 0 Å². The first-order chi connectivity index (χ1) is 18.6. The largest absolute Gasteiger partial charge is 0.484 e. The van der Waals surface area contributed by atoms with Crippen LogP contribution in [0.3, 0.4) is 0 Å². The molecule has 0 saturated heterocycles. The molecule has 7 heteroatoms. The maximum absolute atomic E-state index is 12.1. The molecule has 0 unspecified atom stereocenters. The minimum Gasteiger partial charge on any atom is -0.484 e. The zero-order valence-corrected chi connectivity index (χ0v) is 20.9. The summed E-state index contributed by atoms with van der Waals surface area (Å²) in [4.78, 5) is 17.0. The summed E-state index contributed by atoms with van der Waals surface area (Å²) < 4.78 is 5.61. The van der Waals surface area contributed by atoms with Gasteiger partial charge in [0.15, 0.2) is 6.61 Å². The van der Waals surface area contributed by atoms with Crippen LogP contribution in [-0.2, 0) is 4.79 Å². The molecule has 5 aromatic rings. The highest BCUT2D eigenvalue weighted by Gasteiger charge is 2.11. The summed E-state index contributed by atoms with van der Waals surface area (Å²) in [7, 11) is 0. The smallest absolute Gasteiger partial charge is 0.277 e. The summed E-state index contributed by atoms with van der Waals surface area (Å²) in [6, 6.07) is 34.3. The predicted octanol–water partition coefficient (Wildman–Crippen LogP) is 6.62. The third kappa shape index (κ3) is 5.70. The van der Waals surface area contributed by atoms with Gasteiger partial charge in [0, 0.05) is 21.5 Å². The number of aromatic nitrogens is 1. The Hall–Kier alpha value is -4.99. The fourth-order valence-electron chi connectivity index (χ4n) is 3.99. The number of rotatable bonds is 7.